The van der Waals surface area contributed by atoms with Crippen LogP contribution in [-0.4, -0.2) is 30.2 Å². The smallest absolute Gasteiger partial charge is 0.336 e. The maximum atomic E-state index is 11.3. The summed E-state index contributed by atoms with van der Waals surface area (Å²) in [4.78, 5) is 21.8. The molecule has 0 radical (unpaired) electrons. The van der Waals surface area contributed by atoms with Gasteiger partial charge in [0.05, 0.1) is 30.8 Å². The first-order valence-electron chi connectivity index (χ1n) is 6.22. The fourth-order valence-corrected chi connectivity index (χ4v) is 2.14. The van der Waals surface area contributed by atoms with Gasteiger partial charge in [0.25, 0.3) is 0 Å². The van der Waals surface area contributed by atoms with E-state index >= 15 is 0 Å². The van der Waals surface area contributed by atoms with Crippen LogP contribution in [0.2, 0.25) is 0 Å². The van der Waals surface area contributed by atoms with Gasteiger partial charge in [-0.05, 0) is 12.1 Å². The van der Waals surface area contributed by atoms with E-state index in [1.54, 1.807) is 18.2 Å². The highest BCUT2D eigenvalue weighted by molar-refractivity contribution is 5.97. The van der Waals surface area contributed by atoms with Gasteiger partial charge in [0, 0.05) is 11.1 Å². The third-order valence-electron chi connectivity index (χ3n) is 3.15. The van der Waals surface area contributed by atoms with Crippen molar-refractivity contribution in [1.29, 1.82) is 0 Å². The van der Waals surface area contributed by atoms with Crippen LogP contribution >= 0.6 is 0 Å². The summed E-state index contributed by atoms with van der Waals surface area (Å²) in [5.41, 5.74) is 0.607. The quantitative estimate of drug-likeness (QED) is 0.673. The molecule has 7 nitrogen and oxygen atoms in total. The largest absolute Gasteiger partial charge is 0.496 e. The van der Waals surface area contributed by atoms with Crippen LogP contribution in [0.15, 0.2) is 36.4 Å². The monoisotopic (exact) mass is 303 g/mol. The van der Waals surface area contributed by atoms with Crippen molar-refractivity contribution in [2.75, 3.05) is 14.2 Å². The Balaban J connectivity index is 2.75. The zero-order chi connectivity index (χ0) is 16.3. The van der Waals surface area contributed by atoms with Crippen molar-refractivity contribution in [3.63, 3.8) is 0 Å². The second-order valence-electron chi connectivity index (χ2n) is 4.33. The predicted molar refractivity (Wildman–Crippen MR) is 78.6 cm³/mol. The van der Waals surface area contributed by atoms with Gasteiger partial charge in [-0.15, -0.1) is 0 Å². The van der Waals surface area contributed by atoms with Crippen LogP contribution in [0, 0.1) is 10.1 Å². The molecule has 0 bridgehead atoms. The summed E-state index contributed by atoms with van der Waals surface area (Å²) in [6, 6.07) is 8.94. The van der Waals surface area contributed by atoms with Crippen molar-refractivity contribution in [3.05, 3.63) is 52.1 Å². The Morgan fingerprint density at radius 3 is 2.27 bits per heavy atom. The SMILES string of the molecule is COc1cc([N+](=O)[O-])c(OC)cc1-c1ccccc1C(=O)O. The van der Waals surface area contributed by atoms with Gasteiger partial charge in [0.1, 0.15) is 5.75 Å². The molecule has 0 heterocycles. The molecule has 22 heavy (non-hydrogen) atoms. The maximum absolute atomic E-state index is 11.3. The Kier molecular flexibility index (Phi) is 4.26. The first kappa shape index (κ1) is 15.3. The summed E-state index contributed by atoms with van der Waals surface area (Å²) in [5, 5.41) is 20.3. The number of nitrogens with zero attached hydrogens (tertiary/aromatic N) is 1. The standard InChI is InChI=1S/C15H13NO6/c1-21-13-8-12(16(19)20)14(22-2)7-11(13)9-5-3-4-6-10(9)15(17)18/h3-8H,1-2H3,(H,17,18). The fraction of sp³-hybridized carbons (Fsp3) is 0.133. The number of rotatable bonds is 5. The first-order chi connectivity index (χ1) is 10.5. The fourth-order valence-electron chi connectivity index (χ4n) is 2.14. The number of carboxylic acids is 1. The summed E-state index contributed by atoms with van der Waals surface area (Å²) >= 11 is 0. The number of ether oxygens (including phenoxy) is 2. The van der Waals surface area contributed by atoms with Crippen LogP contribution in [0.5, 0.6) is 11.5 Å². The lowest BCUT2D eigenvalue weighted by atomic mass is 9.98. The molecule has 0 saturated heterocycles. The lowest BCUT2D eigenvalue weighted by Gasteiger charge is -2.13. The summed E-state index contributed by atoms with van der Waals surface area (Å²) < 4.78 is 10.2. The van der Waals surface area contributed by atoms with Crippen molar-refractivity contribution in [3.8, 4) is 22.6 Å². The summed E-state index contributed by atoms with van der Waals surface area (Å²) in [5.74, 6) is -0.878. The van der Waals surface area contributed by atoms with E-state index in [4.69, 9.17) is 9.47 Å². The van der Waals surface area contributed by atoms with Gasteiger partial charge in [-0.1, -0.05) is 18.2 Å². The third-order valence-corrected chi connectivity index (χ3v) is 3.15. The van der Waals surface area contributed by atoms with Gasteiger partial charge >= 0.3 is 11.7 Å². The van der Waals surface area contributed by atoms with Crippen LogP contribution in [0.4, 0.5) is 5.69 Å². The van der Waals surface area contributed by atoms with Crippen molar-refractivity contribution < 1.29 is 24.3 Å². The molecule has 0 fully saturated rings. The zero-order valence-electron chi connectivity index (χ0n) is 11.9. The van der Waals surface area contributed by atoms with Gasteiger partial charge in [0.2, 0.25) is 0 Å². The van der Waals surface area contributed by atoms with Gasteiger partial charge in [0.15, 0.2) is 5.75 Å². The van der Waals surface area contributed by atoms with E-state index in [9.17, 15) is 20.0 Å². The average Bonchev–Trinajstić information content (AvgIpc) is 2.53. The van der Waals surface area contributed by atoms with Crippen molar-refractivity contribution in [2.24, 2.45) is 0 Å². The number of carbonyl (C=O) groups is 1. The second-order valence-corrected chi connectivity index (χ2v) is 4.33. The van der Waals surface area contributed by atoms with Gasteiger partial charge in [-0.3, -0.25) is 10.1 Å². The molecular weight excluding hydrogens is 290 g/mol. The first-order valence-corrected chi connectivity index (χ1v) is 6.22. The molecule has 0 amide bonds. The average molecular weight is 303 g/mol. The highest BCUT2D eigenvalue weighted by Gasteiger charge is 2.22. The van der Waals surface area contributed by atoms with Gasteiger partial charge in [-0.25, -0.2) is 4.79 Å². The van der Waals surface area contributed by atoms with Crippen LogP contribution in [0.1, 0.15) is 10.4 Å². The topological polar surface area (TPSA) is 98.9 Å². The third kappa shape index (κ3) is 2.69. The van der Waals surface area contributed by atoms with E-state index in [0.717, 1.165) is 0 Å². The molecule has 0 aliphatic rings. The minimum atomic E-state index is -1.10. The lowest BCUT2D eigenvalue weighted by molar-refractivity contribution is -0.385. The Morgan fingerprint density at radius 1 is 1.09 bits per heavy atom. The van der Waals surface area contributed by atoms with Gasteiger partial charge in [-0.2, -0.15) is 0 Å². The van der Waals surface area contributed by atoms with E-state index in [-0.39, 0.29) is 22.7 Å². The number of nitro groups is 1. The number of hydrogen-bond donors (Lipinski definition) is 1. The summed E-state index contributed by atoms with van der Waals surface area (Å²) in [6.07, 6.45) is 0. The van der Waals surface area contributed by atoms with E-state index in [1.807, 2.05) is 0 Å². The van der Waals surface area contributed by atoms with E-state index in [1.165, 1.54) is 32.4 Å². The molecule has 0 aliphatic heterocycles. The molecule has 114 valence electrons. The second kappa shape index (κ2) is 6.13. The highest BCUT2D eigenvalue weighted by atomic mass is 16.6. The molecule has 2 rings (SSSR count). The molecule has 0 aromatic heterocycles. The van der Waals surface area contributed by atoms with E-state index < -0.39 is 10.9 Å². The molecule has 0 spiro atoms. The number of methoxy groups -OCH3 is 2. The minimum absolute atomic E-state index is 0.0287. The van der Waals surface area contributed by atoms with Crippen molar-refractivity contribution in [2.45, 2.75) is 0 Å². The molecule has 0 atom stereocenters. The molecule has 7 heteroatoms. The maximum Gasteiger partial charge on any atom is 0.336 e. The number of carboxylic acid groups (broad SMARTS) is 1. The molecule has 2 aromatic rings. The van der Waals surface area contributed by atoms with E-state index in [2.05, 4.69) is 0 Å². The highest BCUT2D eigenvalue weighted by Crippen LogP contribution is 2.40. The molecule has 0 unspecified atom stereocenters. The molecular formula is C15H13NO6. The van der Waals surface area contributed by atoms with Crippen LogP contribution < -0.4 is 9.47 Å². The number of nitro benzene ring substituents is 1. The summed E-state index contributed by atoms with van der Waals surface area (Å²) in [7, 11) is 2.67. The number of benzene rings is 2. The molecule has 2 aromatic carbocycles. The number of aromatic carboxylic acids is 1. The predicted octanol–water partition coefficient (Wildman–Crippen LogP) is 2.98. The zero-order valence-corrected chi connectivity index (χ0v) is 11.9. The van der Waals surface area contributed by atoms with Crippen molar-refractivity contribution >= 4 is 11.7 Å². The van der Waals surface area contributed by atoms with Crippen molar-refractivity contribution in [1.82, 2.24) is 0 Å². The Bertz CT molecular complexity index is 741. The molecule has 1 N–H and O–H groups in total. The minimum Gasteiger partial charge on any atom is -0.496 e. The Hall–Kier alpha value is -3.09. The summed E-state index contributed by atoms with van der Waals surface area (Å²) in [6.45, 7) is 0. The lowest BCUT2D eigenvalue weighted by Crippen LogP contribution is -2.01. The Labute approximate surface area is 125 Å². The molecule has 0 aliphatic carbocycles. The molecule has 0 saturated carbocycles. The van der Waals surface area contributed by atoms with Crippen LogP contribution in [0.25, 0.3) is 11.1 Å². The number of hydrogen-bond acceptors (Lipinski definition) is 5. The van der Waals surface area contributed by atoms with Crippen LogP contribution in [0.3, 0.4) is 0 Å². The normalized spacial score (nSPS) is 10.1. The van der Waals surface area contributed by atoms with Crippen LogP contribution in [-0.2, 0) is 0 Å². The van der Waals surface area contributed by atoms with Gasteiger partial charge < -0.3 is 14.6 Å². The van der Waals surface area contributed by atoms with E-state index in [0.29, 0.717) is 11.1 Å². The Morgan fingerprint density at radius 2 is 1.73 bits per heavy atom.